The van der Waals surface area contributed by atoms with Gasteiger partial charge in [0.15, 0.2) is 0 Å². The average Bonchev–Trinajstić information content (AvgIpc) is 2.40. The zero-order chi connectivity index (χ0) is 17.4. The second kappa shape index (κ2) is 6.93. The Morgan fingerprint density at radius 2 is 1.35 bits per heavy atom. The van der Waals surface area contributed by atoms with Gasteiger partial charge in [0, 0.05) is 3.92 Å². The lowest BCUT2D eigenvalue weighted by Crippen LogP contribution is -2.20. The van der Waals surface area contributed by atoms with Crippen LogP contribution in [0.25, 0.3) is 0 Å². The molecule has 0 spiro atoms. The number of phenols is 1. The molecular weight excluding hydrogens is 395 g/mol. The molecule has 0 saturated heterocycles. The second-order valence-electron chi connectivity index (χ2n) is 9.36. The third-order valence-electron chi connectivity index (χ3n) is 5.09. The topological polar surface area (TPSA) is 20.2 Å². The molecule has 0 amide bonds. The van der Waals surface area contributed by atoms with Crippen LogP contribution < -0.4 is 0 Å². The number of alkyl halides is 1. The molecule has 0 atom stereocenters. The molecule has 1 aliphatic carbocycles. The molecule has 1 saturated carbocycles. The Bertz CT molecular complexity index is 505. The average molecular weight is 428 g/mol. The molecule has 0 aromatic heterocycles. The fraction of sp³-hybridized carbons (Fsp3) is 0.714. The Labute approximate surface area is 156 Å². The van der Waals surface area contributed by atoms with Gasteiger partial charge in [-0.15, -0.1) is 0 Å². The van der Waals surface area contributed by atoms with Crippen molar-refractivity contribution < 1.29 is 5.11 Å². The minimum absolute atomic E-state index is 0.0278. The Hall–Kier alpha value is -0.250. The number of benzene rings is 1. The first-order valence-corrected chi connectivity index (χ1v) is 10.2. The number of phenolic OH excluding ortho intramolecular Hbond substituents is 1. The minimum Gasteiger partial charge on any atom is -0.507 e. The van der Waals surface area contributed by atoms with E-state index in [2.05, 4.69) is 76.3 Å². The largest absolute Gasteiger partial charge is 0.507 e. The fourth-order valence-electron chi connectivity index (χ4n) is 3.61. The van der Waals surface area contributed by atoms with Crippen LogP contribution in [0.4, 0.5) is 0 Å². The van der Waals surface area contributed by atoms with Gasteiger partial charge in [-0.05, 0) is 65.5 Å². The molecule has 1 aromatic carbocycles. The van der Waals surface area contributed by atoms with Gasteiger partial charge in [0.05, 0.1) is 0 Å². The summed E-state index contributed by atoms with van der Waals surface area (Å²) in [5, 5.41) is 10.8. The van der Waals surface area contributed by atoms with E-state index in [9.17, 15) is 5.11 Å². The first-order chi connectivity index (χ1) is 10.5. The van der Waals surface area contributed by atoms with Crippen molar-refractivity contribution in [1.82, 2.24) is 0 Å². The molecule has 0 bridgehead atoms. The number of aromatic hydroxyl groups is 1. The first-order valence-electron chi connectivity index (χ1n) is 8.99. The van der Waals surface area contributed by atoms with Gasteiger partial charge in [0.1, 0.15) is 5.75 Å². The van der Waals surface area contributed by atoms with Gasteiger partial charge in [0.25, 0.3) is 0 Å². The summed E-state index contributed by atoms with van der Waals surface area (Å²) in [4.78, 5) is 0. The van der Waals surface area contributed by atoms with E-state index < -0.39 is 0 Å². The van der Waals surface area contributed by atoms with Crippen LogP contribution in [0.3, 0.4) is 0 Å². The lowest BCUT2D eigenvalue weighted by Gasteiger charge is -2.30. The molecular formula is C21H33IO. The van der Waals surface area contributed by atoms with Crippen LogP contribution in [0, 0.1) is 5.92 Å². The molecule has 0 heterocycles. The van der Waals surface area contributed by atoms with Gasteiger partial charge in [-0.1, -0.05) is 76.3 Å². The Morgan fingerprint density at radius 1 is 0.913 bits per heavy atom. The molecule has 0 radical (unpaired) electrons. The predicted molar refractivity (Wildman–Crippen MR) is 109 cm³/mol. The highest BCUT2D eigenvalue weighted by Crippen LogP contribution is 2.41. The molecule has 0 unspecified atom stereocenters. The maximum atomic E-state index is 10.8. The van der Waals surface area contributed by atoms with Crippen LogP contribution in [0.2, 0.25) is 0 Å². The van der Waals surface area contributed by atoms with Crippen molar-refractivity contribution in [3.63, 3.8) is 0 Å². The Balaban J connectivity index is 2.36. The summed E-state index contributed by atoms with van der Waals surface area (Å²) in [7, 11) is 0. The number of hydrogen-bond donors (Lipinski definition) is 1. The highest BCUT2D eigenvalue weighted by atomic mass is 127. The van der Waals surface area contributed by atoms with E-state index in [1.54, 1.807) is 0 Å². The molecule has 1 nitrogen and oxygen atoms in total. The summed E-state index contributed by atoms with van der Waals surface area (Å²) >= 11 is 2.60. The predicted octanol–water partition coefficient (Wildman–Crippen LogP) is 6.52. The van der Waals surface area contributed by atoms with E-state index in [4.69, 9.17) is 0 Å². The molecule has 1 fully saturated rings. The van der Waals surface area contributed by atoms with E-state index in [1.165, 1.54) is 31.2 Å². The molecule has 130 valence electrons. The molecule has 23 heavy (non-hydrogen) atoms. The van der Waals surface area contributed by atoms with Gasteiger partial charge in [0.2, 0.25) is 0 Å². The second-order valence-corrected chi connectivity index (χ2v) is 11.1. The molecule has 2 heteroatoms. The van der Waals surface area contributed by atoms with E-state index in [0.717, 1.165) is 27.4 Å². The molecule has 1 aromatic rings. The maximum Gasteiger partial charge on any atom is 0.123 e. The van der Waals surface area contributed by atoms with Crippen LogP contribution >= 0.6 is 22.6 Å². The normalized spacial score (nSPS) is 23.1. The smallest absolute Gasteiger partial charge is 0.123 e. The van der Waals surface area contributed by atoms with Crippen LogP contribution in [0.15, 0.2) is 12.1 Å². The van der Waals surface area contributed by atoms with Crippen molar-refractivity contribution in [2.45, 2.75) is 88.4 Å². The van der Waals surface area contributed by atoms with Crippen molar-refractivity contribution >= 4 is 22.6 Å². The van der Waals surface area contributed by atoms with Crippen LogP contribution in [-0.2, 0) is 17.3 Å². The highest BCUT2D eigenvalue weighted by Gasteiger charge is 2.27. The fourth-order valence-corrected chi connectivity index (χ4v) is 4.33. The lowest BCUT2D eigenvalue weighted by molar-refractivity contribution is 0.368. The summed E-state index contributed by atoms with van der Waals surface area (Å²) in [5.41, 5.74) is 3.56. The van der Waals surface area contributed by atoms with Gasteiger partial charge in [-0.2, -0.15) is 0 Å². The molecule has 1 aliphatic rings. The van der Waals surface area contributed by atoms with Crippen LogP contribution in [0.5, 0.6) is 5.75 Å². The number of hydrogen-bond acceptors (Lipinski definition) is 1. The minimum atomic E-state index is -0.0278. The summed E-state index contributed by atoms with van der Waals surface area (Å²) in [5.74, 6) is 1.32. The van der Waals surface area contributed by atoms with Gasteiger partial charge < -0.3 is 5.11 Å². The summed E-state index contributed by atoms with van der Waals surface area (Å²) in [6.07, 6.45) is 6.59. The van der Waals surface area contributed by atoms with Gasteiger partial charge in [-0.3, -0.25) is 0 Å². The van der Waals surface area contributed by atoms with Crippen molar-refractivity contribution in [1.29, 1.82) is 0 Å². The Kier molecular flexibility index (Phi) is 5.75. The summed E-state index contributed by atoms with van der Waals surface area (Å²) < 4.78 is 0.874. The molecule has 1 N–H and O–H groups in total. The van der Waals surface area contributed by atoms with E-state index in [0.29, 0.717) is 5.75 Å². The zero-order valence-corrected chi connectivity index (χ0v) is 17.8. The standard InChI is InChI=1S/C21H33IO/c1-20(2,3)17-12-15(11-14-7-9-16(22)10-8-14)13-18(19(17)23)21(4,5)6/h12-14,16,23H,7-11H2,1-6H3. The maximum absolute atomic E-state index is 10.8. The number of rotatable bonds is 2. The summed E-state index contributed by atoms with van der Waals surface area (Å²) in [6.45, 7) is 13.2. The van der Waals surface area contributed by atoms with E-state index >= 15 is 0 Å². The number of halogens is 1. The summed E-state index contributed by atoms with van der Waals surface area (Å²) in [6, 6.07) is 4.53. The van der Waals surface area contributed by atoms with Crippen molar-refractivity contribution in [2.24, 2.45) is 5.92 Å². The highest BCUT2D eigenvalue weighted by molar-refractivity contribution is 14.1. The first kappa shape index (κ1) is 19.1. The monoisotopic (exact) mass is 428 g/mol. The van der Waals surface area contributed by atoms with E-state index in [1.807, 2.05) is 0 Å². The molecule has 2 rings (SSSR count). The molecule has 0 aliphatic heterocycles. The van der Waals surface area contributed by atoms with Crippen LogP contribution in [0.1, 0.15) is 83.9 Å². The third kappa shape index (κ3) is 4.87. The van der Waals surface area contributed by atoms with Crippen molar-refractivity contribution in [2.75, 3.05) is 0 Å². The zero-order valence-electron chi connectivity index (χ0n) is 15.7. The van der Waals surface area contributed by atoms with Crippen molar-refractivity contribution in [3.05, 3.63) is 28.8 Å². The quantitative estimate of drug-likeness (QED) is 0.420. The third-order valence-corrected chi connectivity index (χ3v) is 6.33. The SMILES string of the molecule is CC(C)(C)c1cc(CC2CCC(I)CC2)cc(C(C)(C)C)c1O. The van der Waals surface area contributed by atoms with Crippen LogP contribution in [-0.4, -0.2) is 9.03 Å². The van der Waals surface area contributed by atoms with Crippen molar-refractivity contribution in [3.8, 4) is 5.75 Å². The van der Waals surface area contributed by atoms with Gasteiger partial charge in [-0.25, -0.2) is 0 Å². The lowest BCUT2D eigenvalue weighted by atomic mass is 9.76. The van der Waals surface area contributed by atoms with Gasteiger partial charge >= 0.3 is 0 Å². The van der Waals surface area contributed by atoms with E-state index in [-0.39, 0.29) is 10.8 Å². The Morgan fingerprint density at radius 3 is 1.74 bits per heavy atom.